The number of likely N-dealkylation sites (N-methyl/N-ethyl adjacent to an activating group) is 1. The number of hydrogen-bond acceptors (Lipinski definition) is 4. The van der Waals surface area contributed by atoms with Crippen molar-refractivity contribution in [2.45, 2.75) is 32.7 Å². The van der Waals surface area contributed by atoms with Crippen molar-refractivity contribution in [1.82, 2.24) is 4.90 Å². The SMILES string of the molecule is CN.Cc1c(F)cc(N2C(=O)C(C)(C)N(c3ccc4c(c3)C(=O)N(C)CC4)C2=S)cc1F. The Morgan fingerprint density at radius 3 is 2.22 bits per heavy atom. The van der Waals surface area contributed by atoms with Gasteiger partial charge in [-0.25, -0.2) is 8.78 Å². The molecule has 0 bridgehead atoms. The molecule has 2 heterocycles. The Morgan fingerprint density at radius 2 is 1.62 bits per heavy atom. The van der Waals surface area contributed by atoms with E-state index in [2.05, 4.69) is 5.73 Å². The predicted molar refractivity (Wildman–Crippen MR) is 125 cm³/mol. The summed E-state index contributed by atoms with van der Waals surface area (Å²) in [6.45, 7) is 5.36. The van der Waals surface area contributed by atoms with E-state index in [9.17, 15) is 18.4 Å². The maximum Gasteiger partial charge on any atom is 0.259 e. The van der Waals surface area contributed by atoms with Crippen LogP contribution in [0.3, 0.4) is 0 Å². The summed E-state index contributed by atoms with van der Waals surface area (Å²) < 4.78 is 28.3. The van der Waals surface area contributed by atoms with Crippen LogP contribution in [-0.4, -0.2) is 48.0 Å². The van der Waals surface area contributed by atoms with Crippen LogP contribution in [0.25, 0.3) is 0 Å². The number of benzene rings is 2. The van der Waals surface area contributed by atoms with Crippen molar-refractivity contribution in [2.24, 2.45) is 5.73 Å². The third kappa shape index (κ3) is 3.65. The first kappa shape index (κ1) is 23.7. The third-order valence-corrected chi connectivity index (χ3v) is 6.20. The molecule has 32 heavy (non-hydrogen) atoms. The van der Waals surface area contributed by atoms with Crippen molar-refractivity contribution in [2.75, 3.05) is 30.4 Å². The highest BCUT2D eigenvalue weighted by Crippen LogP contribution is 2.38. The van der Waals surface area contributed by atoms with Crippen molar-refractivity contribution < 1.29 is 18.4 Å². The number of halogens is 2. The molecule has 2 N–H and O–H groups in total. The quantitative estimate of drug-likeness (QED) is 0.696. The van der Waals surface area contributed by atoms with E-state index in [4.69, 9.17) is 12.2 Å². The van der Waals surface area contributed by atoms with Crippen LogP contribution in [0.2, 0.25) is 0 Å². The zero-order valence-corrected chi connectivity index (χ0v) is 19.5. The lowest BCUT2D eigenvalue weighted by Gasteiger charge is -2.31. The second kappa shape index (κ2) is 8.55. The fourth-order valence-electron chi connectivity index (χ4n) is 3.93. The third-order valence-electron chi connectivity index (χ3n) is 5.84. The number of fused-ring (bicyclic) bond motifs is 1. The Kier molecular flexibility index (Phi) is 6.35. The molecule has 2 aromatic rings. The molecule has 2 aromatic carbocycles. The first-order chi connectivity index (χ1) is 15.0. The Balaban J connectivity index is 0.00000141. The molecule has 4 rings (SSSR count). The molecular formula is C23H26F2N4O2S. The lowest BCUT2D eigenvalue weighted by molar-refractivity contribution is -0.120. The van der Waals surface area contributed by atoms with Crippen LogP contribution >= 0.6 is 12.2 Å². The summed E-state index contributed by atoms with van der Waals surface area (Å²) in [7, 11) is 3.24. The van der Waals surface area contributed by atoms with Gasteiger partial charge < -0.3 is 15.5 Å². The Morgan fingerprint density at radius 1 is 1.03 bits per heavy atom. The lowest BCUT2D eigenvalue weighted by atomic mass is 9.97. The summed E-state index contributed by atoms with van der Waals surface area (Å²) in [5.74, 6) is -2.00. The Hall–Kier alpha value is -2.91. The summed E-state index contributed by atoms with van der Waals surface area (Å²) in [6, 6.07) is 7.63. The van der Waals surface area contributed by atoms with E-state index in [1.165, 1.54) is 14.0 Å². The van der Waals surface area contributed by atoms with Gasteiger partial charge in [0.25, 0.3) is 11.8 Å². The van der Waals surface area contributed by atoms with Crippen LogP contribution in [0.5, 0.6) is 0 Å². The van der Waals surface area contributed by atoms with Gasteiger partial charge in [0.05, 0.1) is 5.69 Å². The maximum atomic E-state index is 14.2. The highest BCUT2D eigenvalue weighted by molar-refractivity contribution is 7.81. The first-order valence-corrected chi connectivity index (χ1v) is 10.6. The van der Waals surface area contributed by atoms with E-state index in [-0.39, 0.29) is 22.3 Å². The van der Waals surface area contributed by atoms with Gasteiger partial charge in [0.15, 0.2) is 5.11 Å². The highest BCUT2D eigenvalue weighted by Gasteiger charge is 2.50. The summed E-state index contributed by atoms with van der Waals surface area (Å²) in [5.41, 5.74) is 5.40. The van der Waals surface area contributed by atoms with Crippen LogP contribution in [-0.2, 0) is 11.2 Å². The number of thiocarbonyl (C=S) groups is 1. The second-order valence-electron chi connectivity index (χ2n) is 8.17. The molecule has 2 aliphatic heterocycles. The van der Waals surface area contributed by atoms with Crippen LogP contribution in [0.15, 0.2) is 30.3 Å². The number of carbonyl (C=O) groups is 2. The summed E-state index contributed by atoms with van der Waals surface area (Å²) in [6.07, 6.45) is 0.749. The van der Waals surface area contributed by atoms with E-state index < -0.39 is 23.1 Å². The molecule has 2 aliphatic rings. The molecule has 2 amide bonds. The summed E-state index contributed by atoms with van der Waals surface area (Å²) >= 11 is 5.57. The van der Waals surface area contributed by atoms with Gasteiger partial charge in [-0.15, -0.1) is 0 Å². The molecule has 0 saturated carbocycles. The first-order valence-electron chi connectivity index (χ1n) is 10.1. The molecule has 0 unspecified atom stereocenters. The van der Waals surface area contributed by atoms with Crippen molar-refractivity contribution in [3.05, 3.63) is 58.7 Å². The molecule has 9 heteroatoms. The molecule has 0 aliphatic carbocycles. The molecule has 0 aromatic heterocycles. The molecule has 0 spiro atoms. The van der Waals surface area contributed by atoms with E-state index in [1.807, 2.05) is 12.1 Å². The normalized spacial score (nSPS) is 17.4. The average molecular weight is 461 g/mol. The second-order valence-corrected chi connectivity index (χ2v) is 8.54. The van der Waals surface area contributed by atoms with Gasteiger partial charge in [0, 0.05) is 30.4 Å². The van der Waals surface area contributed by atoms with Gasteiger partial charge in [0.1, 0.15) is 17.2 Å². The number of nitrogens with zero attached hydrogens (tertiary/aromatic N) is 3. The highest BCUT2D eigenvalue weighted by atomic mass is 32.1. The van der Waals surface area contributed by atoms with Gasteiger partial charge in [-0.2, -0.15) is 0 Å². The molecule has 170 valence electrons. The smallest absolute Gasteiger partial charge is 0.259 e. The van der Waals surface area contributed by atoms with Crippen LogP contribution in [0.4, 0.5) is 20.2 Å². The molecule has 1 fully saturated rings. The van der Waals surface area contributed by atoms with E-state index >= 15 is 0 Å². The van der Waals surface area contributed by atoms with Crippen LogP contribution < -0.4 is 15.5 Å². The Labute approximate surface area is 191 Å². The van der Waals surface area contributed by atoms with Crippen LogP contribution in [0.1, 0.15) is 35.3 Å². The van der Waals surface area contributed by atoms with Crippen molar-refractivity contribution in [3.63, 3.8) is 0 Å². The minimum Gasteiger partial charge on any atom is -0.341 e. The van der Waals surface area contributed by atoms with Crippen LogP contribution in [0, 0.1) is 18.6 Å². The van der Waals surface area contributed by atoms with Gasteiger partial charge in [-0.3, -0.25) is 14.5 Å². The van der Waals surface area contributed by atoms with Gasteiger partial charge in [-0.05, 0) is 76.3 Å². The molecular weight excluding hydrogens is 434 g/mol. The lowest BCUT2D eigenvalue weighted by Crippen LogP contribution is -2.44. The average Bonchev–Trinajstić information content (AvgIpc) is 2.94. The van der Waals surface area contributed by atoms with Gasteiger partial charge in [0.2, 0.25) is 0 Å². The minimum absolute atomic E-state index is 0.0370. The standard InChI is InChI=1S/C22H21F2N3O2S.CH5N/c1-12-17(23)10-15(11-18(12)24)26-20(29)22(2,3)27(21(26)30)14-6-5-13-7-8-25(4)19(28)16(13)9-14;1-2/h5-6,9-11H,7-8H2,1-4H3;2H2,1H3. The molecule has 0 radical (unpaired) electrons. The number of nitrogens with two attached hydrogens (primary N) is 1. The number of rotatable bonds is 2. The van der Waals surface area contributed by atoms with E-state index in [1.54, 1.807) is 36.8 Å². The number of amides is 2. The van der Waals surface area contributed by atoms with Crippen molar-refractivity contribution in [3.8, 4) is 0 Å². The fourth-order valence-corrected chi connectivity index (χ4v) is 4.46. The van der Waals surface area contributed by atoms with Gasteiger partial charge >= 0.3 is 0 Å². The zero-order chi connectivity index (χ0) is 24.0. The molecule has 6 nitrogen and oxygen atoms in total. The number of anilines is 2. The fraction of sp³-hybridized carbons (Fsp3) is 0.348. The minimum atomic E-state index is -1.10. The summed E-state index contributed by atoms with van der Waals surface area (Å²) in [4.78, 5) is 30.2. The predicted octanol–water partition coefficient (Wildman–Crippen LogP) is 3.39. The largest absolute Gasteiger partial charge is 0.341 e. The number of hydrogen-bond donors (Lipinski definition) is 1. The molecule has 1 saturated heterocycles. The number of carbonyl (C=O) groups excluding carboxylic acids is 2. The monoisotopic (exact) mass is 460 g/mol. The Bertz CT molecular complexity index is 1100. The van der Waals surface area contributed by atoms with Crippen molar-refractivity contribution >= 4 is 40.5 Å². The summed E-state index contributed by atoms with van der Waals surface area (Å²) in [5, 5.41) is 0.101. The molecule has 0 atom stereocenters. The van der Waals surface area contributed by atoms with Crippen molar-refractivity contribution in [1.29, 1.82) is 0 Å². The van der Waals surface area contributed by atoms with E-state index in [0.29, 0.717) is 17.8 Å². The zero-order valence-electron chi connectivity index (χ0n) is 18.7. The maximum absolute atomic E-state index is 14.2. The van der Waals surface area contributed by atoms with E-state index in [0.717, 1.165) is 29.0 Å². The van der Waals surface area contributed by atoms with Gasteiger partial charge in [-0.1, -0.05) is 6.07 Å². The topological polar surface area (TPSA) is 69.9 Å².